The van der Waals surface area contributed by atoms with Crippen molar-refractivity contribution in [3.8, 4) is 0 Å². The molecule has 0 bridgehead atoms. The van der Waals surface area contributed by atoms with Crippen LogP contribution in [0.2, 0.25) is 0 Å². The van der Waals surface area contributed by atoms with Crippen LogP contribution in [-0.2, 0) is 20.7 Å². The van der Waals surface area contributed by atoms with E-state index in [1.54, 1.807) is 0 Å². The molecule has 4 heteroatoms. The molecule has 0 aliphatic carbocycles. The molecule has 0 aromatic heterocycles. The number of carbonyl (C=O) groups is 2. The second-order valence-corrected chi connectivity index (χ2v) is 4.31. The Morgan fingerprint density at radius 3 is 2.39 bits per heavy atom. The van der Waals surface area contributed by atoms with Gasteiger partial charge >= 0.3 is 5.97 Å². The Balaban J connectivity index is 2.79. The van der Waals surface area contributed by atoms with Crippen molar-refractivity contribution in [2.24, 2.45) is 5.92 Å². The van der Waals surface area contributed by atoms with Gasteiger partial charge in [0.1, 0.15) is 0 Å². The Morgan fingerprint density at radius 2 is 1.89 bits per heavy atom. The molecule has 0 spiro atoms. The SMILES string of the molecule is COC(=O)[C@H](Cc1ccccc1)[C@@H](C)NC(C)=O. The molecule has 1 rings (SSSR count). The van der Waals surface area contributed by atoms with Crippen molar-refractivity contribution in [3.05, 3.63) is 35.9 Å². The maximum Gasteiger partial charge on any atom is 0.311 e. The summed E-state index contributed by atoms with van der Waals surface area (Å²) in [6, 6.07) is 9.43. The summed E-state index contributed by atoms with van der Waals surface area (Å²) in [4.78, 5) is 22.8. The second-order valence-electron chi connectivity index (χ2n) is 4.31. The van der Waals surface area contributed by atoms with Crippen LogP contribution in [0.25, 0.3) is 0 Å². The molecule has 0 unspecified atom stereocenters. The molecule has 0 aliphatic heterocycles. The van der Waals surface area contributed by atoms with Crippen LogP contribution in [0.3, 0.4) is 0 Å². The summed E-state index contributed by atoms with van der Waals surface area (Å²) in [7, 11) is 1.36. The van der Waals surface area contributed by atoms with E-state index in [9.17, 15) is 9.59 Å². The highest BCUT2D eigenvalue weighted by atomic mass is 16.5. The fourth-order valence-corrected chi connectivity index (χ4v) is 1.90. The van der Waals surface area contributed by atoms with E-state index < -0.39 is 0 Å². The highest BCUT2D eigenvalue weighted by Gasteiger charge is 2.26. The van der Waals surface area contributed by atoms with E-state index in [1.165, 1.54) is 14.0 Å². The highest BCUT2D eigenvalue weighted by molar-refractivity contribution is 5.77. The number of amides is 1. The number of hydrogen-bond acceptors (Lipinski definition) is 3. The van der Waals surface area contributed by atoms with Gasteiger partial charge in [0.15, 0.2) is 0 Å². The van der Waals surface area contributed by atoms with Gasteiger partial charge in [0, 0.05) is 13.0 Å². The molecule has 18 heavy (non-hydrogen) atoms. The van der Waals surface area contributed by atoms with Crippen LogP contribution in [0, 0.1) is 5.92 Å². The highest BCUT2D eigenvalue weighted by Crippen LogP contribution is 2.14. The van der Waals surface area contributed by atoms with Gasteiger partial charge in [-0.2, -0.15) is 0 Å². The first-order valence-corrected chi connectivity index (χ1v) is 5.93. The lowest BCUT2D eigenvalue weighted by molar-refractivity contribution is -0.146. The topological polar surface area (TPSA) is 55.4 Å². The minimum Gasteiger partial charge on any atom is -0.469 e. The smallest absolute Gasteiger partial charge is 0.311 e. The summed E-state index contributed by atoms with van der Waals surface area (Å²) in [5.74, 6) is -0.828. The third-order valence-corrected chi connectivity index (χ3v) is 2.84. The van der Waals surface area contributed by atoms with Crippen molar-refractivity contribution < 1.29 is 14.3 Å². The molecule has 1 amide bonds. The number of ether oxygens (including phenoxy) is 1. The molecule has 2 atom stereocenters. The van der Waals surface area contributed by atoms with Crippen molar-refractivity contribution in [3.63, 3.8) is 0 Å². The van der Waals surface area contributed by atoms with Crippen molar-refractivity contribution >= 4 is 11.9 Å². The number of benzene rings is 1. The van der Waals surface area contributed by atoms with Crippen molar-refractivity contribution in [2.75, 3.05) is 7.11 Å². The minimum atomic E-state index is -0.374. The van der Waals surface area contributed by atoms with Crippen LogP contribution in [0.1, 0.15) is 19.4 Å². The molecule has 0 saturated carbocycles. The van der Waals surface area contributed by atoms with Gasteiger partial charge in [-0.3, -0.25) is 9.59 Å². The van der Waals surface area contributed by atoms with Crippen molar-refractivity contribution in [1.82, 2.24) is 5.32 Å². The van der Waals surface area contributed by atoms with Gasteiger partial charge in [-0.15, -0.1) is 0 Å². The molecular formula is C14H19NO3. The van der Waals surface area contributed by atoms with E-state index in [2.05, 4.69) is 5.32 Å². The first-order chi connectivity index (χ1) is 8.54. The molecule has 1 aromatic rings. The van der Waals surface area contributed by atoms with Gasteiger partial charge in [-0.25, -0.2) is 0 Å². The second kappa shape index (κ2) is 6.79. The van der Waals surface area contributed by atoms with Crippen molar-refractivity contribution in [1.29, 1.82) is 0 Å². The first-order valence-electron chi connectivity index (χ1n) is 5.93. The van der Waals surface area contributed by atoms with Crippen molar-refractivity contribution in [2.45, 2.75) is 26.3 Å². The lowest BCUT2D eigenvalue weighted by atomic mass is 9.93. The summed E-state index contributed by atoms with van der Waals surface area (Å²) in [5, 5.41) is 2.74. The van der Waals surface area contributed by atoms with Gasteiger partial charge in [-0.05, 0) is 18.9 Å². The van der Waals surface area contributed by atoms with E-state index in [-0.39, 0.29) is 23.8 Å². The van der Waals surface area contributed by atoms with Crippen LogP contribution in [0.5, 0.6) is 0 Å². The van der Waals surface area contributed by atoms with E-state index in [0.29, 0.717) is 6.42 Å². The summed E-state index contributed by atoms with van der Waals surface area (Å²) >= 11 is 0. The molecular weight excluding hydrogens is 230 g/mol. The zero-order valence-electron chi connectivity index (χ0n) is 11.0. The van der Waals surface area contributed by atoms with Crippen LogP contribution in [0.4, 0.5) is 0 Å². The van der Waals surface area contributed by atoms with E-state index in [4.69, 9.17) is 4.74 Å². The minimum absolute atomic E-state index is 0.149. The monoisotopic (exact) mass is 249 g/mol. The Labute approximate surface area is 107 Å². The average Bonchev–Trinajstić information content (AvgIpc) is 2.35. The van der Waals surface area contributed by atoms with Gasteiger partial charge < -0.3 is 10.1 Å². The van der Waals surface area contributed by atoms with Gasteiger partial charge in [0.05, 0.1) is 13.0 Å². The third kappa shape index (κ3) is 4.20. The largest absolute Gasteiger partial charge is 0.469 e. The molecule has 0 saturated heterocycles. The molecule has 1 N–H and O–H groups in total. The van der Waals surface area contributed by atoms with Gasteiger partial charge in [-0.1, -0.05) is 30.3 Å². The van der Waals surface area contributed by atoms with Crippen LogP contribution >= 0.6 is 0 Å². The lowest BCUT2D eigenvalue weighted by Gasteiger charge is -2.22. The van der Waals surface area contributed by atoms with E-state index in [0.717, 1.165) is 5.56 Å². The van der Waals surface area contributed by atoms with E-state index in [1.807, 2.05) is 37.3 Å². The van der Waals surface area contributed by atoms with E-state index >= 15 is 0 Å². The molecule has 1 aromatic carbocycles. The quantitative estimate of drug-likeness (QED) is 0.805. The Hall–Kier alpha value is -1.84. The zero-order chi connectivity index (χ0) is 13.5. The number of methoxy groups -OCH3 is 1. The number of esters is 1. The number of hydrogen-bond donors (Lipinski definition) is 1. The maximum absolute atomic E-state index is 11.8. The zero-order valence-corrected chi connectivity index (χ0v) is 11.0. The predicted molar refractivity (Wildman–Crippen MR) is 68.9 cm³/mol. The number of rotatable bonds is 5. The van der Waals surface area contributed by atoms with Crippen LogP contribution in [0.15, 0.2) is 30.3 Å². The summed E-state index contributed by atoms with van der Waals surface area (Å²) in [6.45, 7) is 3.25. The van der Waals surface area contributed by atoms with Crippen LogP contribution in [-0.4, -0.2) is 25.0 Å². The lowest BCUT2D eigenvalue weighted by Crippen LogP contribution is -2.41. The number of carbonyl (C=O) groups excluding carboxylic acids is 2. The van der Waals surface area contributed by atoms with Crippen LogP contribution < -0.4 is 5.32 Å². The standard InChI is InChI=1S/C14H19NO3/c1-10(15-11(2)16)13(14(17)18-3)9-12-7-5-4-6-8-12/h4-8,10,13H,9H2,1-3H3,(H,15,16)/t10-,13-/m1/s1. The maximum atomic E-state index is 11.8. The first kappa shape index (κ1) is 14.2. The predicted octanol–water partition coefficient (Wildman–Crippen LogP) is 1.54. The fourth-order valence-electron chi connectivity index (χ4n) is 1.90. The van der Waals surface area contributed by atoms with Gasteiger partial charge in [0.25, 0.3) is 0 Å². The third-order valence-electron chi connectivity index (χ3n) is 2.84. The fraction of sp³-hybridized carbons (Fsp3) is 0.429. The summed E-state index contributed by atoms with van der Waals surface area (Å²) < 4.78 is 4.80. The Bertz CT molecular complexity index is 403. The van der Waals surface area contributed by atoms with Gasteiger partial charge in [0.2, 0.25) is 5.91 Å². The summed E-state index contributed by atoms with van der Waals surface area (Å²) in [6.07, 6.45) is 0.551. The molecule has 98 valence electrons. The molecule has 0 heterocycles. The molecule has 0 aliphatic rings. The Kier molecular flexibility index (Phi) is 5.36. The molecule has 0 radical (unpaired) electrons. The Morgan fingerprint density at radius 1 is 1.28 bits per heavy atom. The number of nitrogens with one attached hydrogen (secondary N) is 1. The molecule has 0 fully saturated rings. The average molecular weight is 249 g/mol. The summed E-state index contributed by atoms with van der Waals surface area (Å²) in [5.41, 5.74) is 1.05. The molecule has 4 nitrogen and oxygen atoms in total. The normalized spacial score (nSPS) is 13.5.